The van der Waals surface area contributed by atoms with Crippen LogP contribution in [0.5, 0.6) is 0 Å². The lowest BCUT2D eigenvalue weighted by Gasteiger charge is -2.20. The summed E-state index contributed by atoms with van der Waals surface area (Å²) in [5, 5.41) is 9.69. The zero-order valence-electron chi connectivity index (χ0n) is 18.8. The molecule has 0 unspecified atom stereocenters. The third kappa shape index (κ3) is 2.93. The Morgan fingerprint density at radius 2 is 1.34 bits per heavy atom. The predicted molar refractivity (Wildman–Crippen MR) is 129 cm³/mol. The largest absolute Gasteiger partial charge is 0.448 e. The van der Waals surface area contributed by atoms with Crippen molar-refractivity contribution in [2.75, 3.05) is 9.80 Å². The molecule has 0 aliphatic carbocycles. The third-order valence-corrected chi connectivity index (χ3v) is 5.84. The van der Waals surface area contributed by atoms with E-state index in [0.29, 0.717) is 34.9 Å². The summed E-state index contributed by atoms with van der Waals surface area (Å²) >= 11 is 0. The lowest BCUT2D eigenvalue weighted by molar-refractivity contribution is 0.562. The molecule has 0 fully saturated rings. The molecule has 35 heavy (non-hydrogen) atoms. The topological polar surface area (TPSA) is 102 Å². The highest BCUT2D eigenvalue weighted by molar-refractivity contribution is 5.92. The first-order valence-corrected chi connectivity index (χ1v) is 11.0. The van der Waals surface area contributed by atoms with Crippen molar-refractivity contribution in [3.63, 3.8) is 0 Å². The standard InChI is InChI=1S/C25H18N8O2/c1-15-17(23-26-16(2)30-33(23)29-15)11-12-20-31(21-9-5-13-34-21)24-25(32(20)22-10-6-14-35-22)28-19-8-4-3-7-18(19)27-24/h3-14H,1-2H3/b17-11-. The molecule has 6 aromatic rings. The van der Waals surface area contributed by atoms with Gasteiger partial charge in [-0.1, -0.05) is 12.1 Å². The fourth-order valence-electron chi connectivity index (χ4n) is 4.33. The van der Waals surface area contributed by atoms with Gasteiger partial charge in [-0.3, -0.25) is 0 Å². The Kier molecular flexibility index (Phi) is 4.04. The third-order valence-electron chi connectivity index (χ3n) is 5.84. The van der Waals surface area contributed by atoms with Gasteiger partial charge in [0, 0.05) is 17.4 Å². The first-order valence-electron chi connectivity index (χ1n) is 11.0. The Bertz CT molecular complexity index is 1700. The van der Waals surface area contributed by atoms with Crippen molar-refractivity contribution in [1.29, 1.82) is 0 Å². The number of furan rings is 2. The van der Waals surface area contributed by atoms with Crippen LogP contribution >= 0.6 is 0 Å². The molecule has 0 atom stereocenters. The molecular formula is C25H18N8O2. The number of rotatable bonds is 3. The maximum atomic E-state index is 5.82. The summed E-state index contributed by atoms with van der Waals surface area (Å²) in [5.74, 6) is 3.87. The molecule has 5 aromatic heterocycles. The van der Waals surface area contributed by atoms with Gasteiger partial charge in [-0.25, -0.2) is 24.8 Å². The number of aromatic nitrogens is 6. The summed E-state index contributed by atoms with van der Waals surface area (Å²) in [7, 11) is 0. The molecule has 0 saturated carbocycles. The molecule has 1 aromatic carbocycles. The molecule has 0 amide bonds. The Balaban J connectivity index is 1.52. The van der Waals surface area contributed by atoms with Gasteiger partial charge in [-0.2, -0.15) is 5.10 Å². The number of benzene rings is 1. The predicted octanol–water partition coefficient (Wildman–Crippen LogP) is 4.20. The molecule has 10 nitrogen and oxygen atoms in total. The van der Waals surface area contributed by atoms with E-state index >= 15 is 0 Å². The van der Waals surface area contributed by atoms with Crippen molar-refractivity contribution in [3.8, 4) is 0 Å². The highest BCUT2D eigenvalue weighted by atomic mass is 16.4. The zero-order chi connectivity index (χ0) is 23.5. The minimum atomic E-state index is 0.602. The summed E-state index contributed by atoms with van der Waals surface area (Å²) in [6, 6.07) is 15.2. The maximum absolute atomic E-state index is 5.82. The first-order chi connectivity index (χ1) is 17.2. The second-order valence-electron chi connectivity index (χ2n) is 8.10. The SMILES string of the molecule is Cc1nc2/c(=C\C=C3N(c4ccco4)c4nc5ccccc5nc4N3c3ccco3)c(C)nn2n1. The van der Waals surface area contributed by atoms with Crippen LogP contribution in [0.2, 0.25) is 0 Å². The van der Waals surface area contributed by atoms with E-state index in [-0.39, 0.29) is 0 Å². The molecule has 0 spiro atoms. The van der Waals surface area contributed by atoms with Crippen LogP contribution in [0.25, 0.3) is 22.8 Å². The fraction of sp³-hybridized carbons (Fsp3) is 0.0800. The van der Waals surface area contributed by atoms with Crippen LogP contribution in [0.1, 0.15) is 11.5 Å². The summed E-state index contributed by atoms with van der Waals surface area (Å²) in [6.45, 7) is 3.78. The molecule has 170 valence electrons. The highest BCUT2D eigenvalue weighted by Crippen LogP contribution is 2.48. The van der Waals surface area contributed by atoms with Crippen LogP contribution in [0.4, 0.5) is 23.4 Å². The van der Waals surface area contributed by atoms with Crippen LogP contribution < -0.4 is 15.0 Å². The molecule has 7 rings (SSSR count). The minimum absolute atomic E-state index is 0.602. The van der Waals surface area contributed by atoms with Crippen LogP contribution in [0.3, 0.4) is 0 Å². The number of para-hydroxylation sites is 2. The fourth-order valence-corrected chi connectivity index (χ4v) is 4.33. The van der Waals surface area contributed by atoms with Crippen molar-refractivity contribution in [3.05, 3.63) is 89.7 Å². The number of allylic oxidation sites excluding steroid dienone is 1. The van der Waals surface area contributed by atoms with Crippen molar-refractivity contribution in [2.45, 2.75) is 13.8 Å². The summed E-state index contributed by atoms with van der Waals surface area (Å²) in [5.41, 5.74) is 3.08. The van der Waals surface area contributed by atoms with Crippen LogP contribution in [0.15, 0.2) is 81.8 Å². The Morgan fingerprint density at radius 3 is 1.91 bits per heavy atom. The van der Waals surface area contributed by atoms with E-state index in [0.717, 1.165) is 27.8 Å². The van der Waals surface area contributed by atoms with Gasteiger partial charge >= 0.3 is 0 Å². The molecule has 1 aliphatic heterocycles. The van der Waals surface area contributed by atoms with Gasteiger partial charge in [0.15, 0.2) is 17.3 Å². The van der Waals surface area contributed by atoms with Gasteiger partial charge in [-0.15, -0.1) is 9.73 Å². The number of hydrogen-bond donors (Lipinski definition) is 0. The van der Waals surface area contributed by atoms with E-state index in [9.17, 15) is 0 Å². The van der Waals surface area contributed by atoms with Gasteiger partial charge in [0.1, 0.15) is 11.6 Å². The summed E-state index contributed by atoms with van der Waals surface area (Å²) < 4.78 is 13.2. The second kappa shape index (κ2) is 7.26. The van der Waals surface area contributed by atoms with Gasteiger partial charge in [0.25, 0.3) is 0 Å². The van der Waals surface area contributed by atoms with Gasteiger partial charge in [0.2, 0.25) is 11.8 Å². The molecule has 0 bridgehead atoms. The van der Waals surface area contributed by atoms with Crippen molar-refractivity contribution in [1.82, 2.24) is 29.8 Å². The molecule has 0 radical (unpaired) electrons. The quantitative estimate of drug-likeness (QED) is 0.383. The number of fused-ring (bicyclic) bond motifs is 3. The number of aryl methyl sites for hydroxylation is 2. The van der Waals surface area contributed by atoms with Gasteiger partial charge in [-0.05, 0) is 50.3 Å². The number of hydrogen-bond acceptors (Lipinski definition) is 9. The van der Waals surface area contributed by atoms with Crippen LogP contribution in [0, 0.1) is 13.8 Å². The normalized spacial score (nSPS) is 14.0. The Labute approximate surface area is 198 Å². The van der Waals surface area contributed by atoms with Crippen LogP contribution in [-0.4, -0.2) is 29.8 Å². The van der Waals surface area contributed by atoms with E-state index in [2.05, 4.69) is 15.2 Å². The molecule has 6 heterocycles. The lowest BCUT2D eigenvalue weighted by Crippen LogP contribution is -2.21. The van der Waals surface area contributed by atoms with Crippen molar-refractivity contribution in [2.24, 2.45) is 0 Å². The average Bonchev–Trinajstić information content (AvgIpc) is 3.66. The molecule has 1 aliphatic rings. The second-order valence-corrected chi connectivity index (χ2v) is 8.10. The minimum Gasteiger partial charge on any atom is -0.448 e. The van der Waals surface area contributed by atoms with Crippen molar-refractivity contribution < 1.29 is 8.83 Å². The van der Waals surface area contributed by atoms with E-state index in [1.54, 1.807) is 17.2 Å². The monoisotopic (exact) mass is 462 g/mol. The van der Waals surface area contributed by atoms with Gasteiger partial charge < -0.3 is 8.83 Å². The van der Waals surface area contributed by atoms with E-state index in [4.69, 9.17) is 18.8 Å². The summed E-state index contributed by atoms with van der Waals surface area (Å²) in [6.07, 6.45) is 7.20. The van der Waals surface area contributed by atoms with E-state index in [1.165, 1.54) is 0 Å². The number of nitrogens with zero attached hydrogens (tertiary/aromatic N) is 8. The lowest BCUT2D eigenvalue weighted by atomic mass is 10.3. The van der Waals surface area contributed by atoms with Crippen LogP contribution in [-0.2, 0) is 0 Å². The Morgan fingerprint density at radius 1 is 0.714 bits per heavy atom. The molecule has 0 N–H and O–H groups in total. The van der Waals surface area contributed by atoms with Crippen molar-refractivity contribution >= 4 is 46.2 Å². The Hall–Kier alpha value is -4.99. The average molecular weight is 462 g/mol. The number of anilines is 4. The molecule has 10 heteroatoms. The highest BCUT2D eigenvalue weighted by Gasteiger charge is 2.39. The first kappa shape index (κ1) is 19.5. The molecule has 0 saturated heterocycles. The van der Waals surface area contributed by atoms with Gasteiger partial charge in [0.05, 0.1) is 29.3 Å². The smallest absolute Gasteiger partial charge is 0.206 e. The summed E-state index contributed by atoms with van der Waals surface area (Å²) in [4.78, 5) is 18.3. The van der Waals surface area contributed by atoms with E-state index in [1.807, 2.05) is 84.3 Å². The molecular weight excluding hydrogens is 444 g/mol. The van der Waals surface area contributed by atoms with E-state index < -0.39 is 0 Å². The maximum Gasteiger partial charge on any atom is 0.206 e. The zero-order valence-corrected chi connectivity index (χ0v) is 18.8.